The van der Waals surface area contributed by atoms with E-state index in [1.54, 1.807) is 0 Å². The Bertz CT molecular complexity index is 3280. The van der Waals surface area contributed by atoms with Crippen LogP contribution in [0.5, 0.6) is 0 Å². The molecule has 0 spiro atoms. The number of hydrogen-bond donors (Lipinski definition) is 0. The molecule has 58 heavy (non-hydrogen) atoms. The molecule has 2 nitrogen and oxygen atoms in total. The monoisotopic (exact) mass is 738 g/mol. The van der Waals surface area contributed by atoms with E-state index in [1.165, 1.54) is 71.2 Å². The normalized spacial score (nSPS) is 11.4. The van der Waals surface area contributed by atoms with Crippen LogP contribution in [0.3, 0.4) is 0 Å². The van der Waals surface area contributed by atoms with Crippen LogP contribution < -0.4 is 4.90 Å². The van der Waals surface area contributed by atoms with Gasteiger partial charge in [0, 0.05) is 33.4 Å². The summed E-state index contributed by atoms with van der Waals surface area (Å²) in [4.78, 5) is 2.44. The summed E-state index contributed by atoms with van der Waals surface area (Å²) in [7, 11) is 0. The number of para-hydroxylation sites is 3. The molecule has 0 saturated carbocycles. The number of rotatable bonds is 7. The van der Waals surface area contributed by atoms with Gasteiger partial charge in [-0.3, -0.25) is 0 Å². The summed E-state index contributed by atoms with van der Waals surface area (Å²) in [5.74, 6) is 0. The molecule has 1 heterocycles. The number of benzene rings is 10. The van der Waals surface area contributed by atoms with Gasteiger partial charge >= 0.3 is 0 Å². The summed E-state index contributed by atoms with van der Waals surface area (Å²) in [5, 5.41) is 7.38. The molecule has 0 N–H and O–H groups in total. The molecule has 0 unspecified atom stereocenters. The van der Waals surface area contributed by atoms with Crippen molar-refractivity contribution >= 4 is 60.4 Å². The highest BCUT2D eigenvalue weighted by Crippen LogP contribution is 2.46. The molecule has 0 aliphatic carbocycles. The number of aromatic nitrogens is 1. The summed E-state index contributed by atoms with van der Waals surface area (Å²) in [6.07, 6.45) is 0. The Morgan fingerprint density at radius 2 is 0.914 bits per heavy atom. The largest absolute Gasteiger partial charge is 0.310 e. The number of anilines is 3. The lowest BCUT2D eigenvalue weighted by molar-refractivity contribution is 1.18. The first kappa shape index (κ1) is 33.6. The molecular formula is C56H38N2. The average molecular weight is 739 g/mol. The van der Waals surface area contributed by atoms with Crippen LogP contribution in [0.4, 0.5) is 17.1 Å². The summed E-state index contributed by atoms with van der Waals surface area (Å²) < 4.78 is 2.37. The Labute approximate surface area is 338 Å². The molecule has 0 fully saturated rings. The second kappa shape index (κ2) is 14.1. The summed E-state index contributed by atoms with van der Waals surface area (Å²) in [5.41, 5.74) is 14.0. The van der Waals surface area contributed by atoms with Crippen molar-refractivity contribution in [2.75, 3.05) is 4.90 Å². The van der Waals surface area contributed by atoms with E-state index in [-0.39, 0.29) is 0 Å². The molecule has 0 aliphatic heterocycles. The van der Waals surface area contributed by atoms with Crippen molar-refractivity contribution in [3.8, 4) is 39.1 Å². The topological polar surface area (TPSA) is 8.17 Å². The van der Waals surface area contributed by atoms with Crippen molar-refractivity contribution < 1.29 is 0 Å². The van der Waals surface area contributed by atoms with Gasteiger partial charge in [-0.1, -0.05) is 170 Å². The first-order chi connectivity index (χ1) is 28.8. The van der Waals surface area contributed by atoms with Gasteiger partial charge in [0.1, 0.15) is 0 Å². The first-order valence-corrected chi connectivity index (χ1v) is 19.9. The van der Waals surface area contributed by atoms with Gasteiger partial charge in [0.05, 0.1) is 16.7 Å². The van der Waals surface area contributed by atoms with E-state index in [2.05, 4.69) is 240 Å². The van der Waals surface area contributed by atoms with Crippen LogP contribution in [-0.4, -0.2) is 4.57 Å². The summed E-state index contributed by atoms with van der Waals surface area (Å²) in [6, 6.07) is 83.8. The van der Waals surface area contributed by atoms with Gasteiger partial charge in [0.15, 0.2) is 0 Å². The molecule has 0 amide bonds. The van der Waals surface area contributed by atoms with E-state index >= 15 is 0 Å². The quantitative estimate of drug-likeness (QED) is 0.158. The van der Waals surface area contributed by atoms with Gasteiger partial charge in [-0.15, -0.1) is 0 Å². The van der Waals surface area contributed by atoms with Gasteiger partial charge in [-0.25, -0.2) is 0 Å². The lowest BCUT2D eigenvalue weighted by Gasteiger charge is -2.29. The fourth-order valence-corrected chi connectivity index (χ4v) is 8.90. The minimum atomic E-state index is 1.09. The standard InChI is InChI=1S/C56H38N2/c1-3-17-40(18-4-1)48-28-14-20-41-21-15-29-51(56(41)48)49-26-9-11-30-53(49)57(47-34-32-39-16-7-8-19-42(39)36-47)46-25-13-22-43(37-46)44-33-35-55-52(38-44)50-27-10-12-31-54(50)58(55)45-23-5-2-6-24-45/h1-38H. The lowest BCUT2D eigenvalue weighted by atomic mass is 9.90. The average Bonchev–Trinajstić information content (AvgIpc) is 3.63. The molecule has 11 rings (SSSR count). The Morgan fingerprint density at radius 1 is 0.310 bits per heavy atom. The fraction of sp³-hybridized carbons (Fsp3) is 0. The highest BCUT2D eigenvalue weighted by molar-refractivity contribution is 6.11. The predicted octanol–water partition coefficient (Wildman–Crippen LogP) is 15.6. The maximum Gasteiger partial charge on any atom is 0.0541 e. The second-order valence-electron chi connectivity index (χ2n) is 14.9. The summed E-state index contributed by atoms with van der Waals surface area (Å²) >= 11 is 0. The SMILES string of the molecule is c1ccc(-c2cccc3cccc(-c4ccccc4N(c4cccc(-c5ccc6c(c5)c5ccccc5n6-c5ccccc5)c4)c4ccc5ccccc5c4)c23)cc1. The van der Waals surface area contributed by atoms with E-state index < -0.39 is 0 Å². The smallest absolute Gasteiger partial charge is 0.0541 e. The van der Waals surface area contributed by atoms with Crippen LogP contribution in [0.2, 0.25) is 0 Å². The first-order valence-electron chi connectivity index (χ1n) is 19.9. The third kappa shape index (κ3) is 5.74. The molecule has 2 heteroatoms. The molecule has 11 aromatic rings. The van der Waals surface area contributed by atoms with Crippen molar-refractivity contribution in [1.82, 2.24) is 4.57 Å². The molecule has 272 valence electrons. The Balaban J connectivity index is 1.11. The third-order valence-corrected chi connectivity index (χ3v) is 11.5. The number of nitrogens with zero attached hydrogens (tertiary/aromatic N) is 2. The van der Waals surface area contributed by atoms with Crippen LogP contribution in [0.15, 0.2) is 231 Å². The maximum atomic E-state index is 2.44. The Kier molecular flexibility index (Phi) is 8.19. The minimum Gasteiger partial charge on any atom is -0.310 e. The zero-order valence-electron chi connectivity index (χ0n) is 31.8. The highest BCUT2D eigenvalue weighted by Gasteiger charge is 2.21. The van der Waals surface area contributed by atoms with Crippen molar-refractivity contribution in [2.45, 2.75) is 0 Å². The van der Waals surface area contributed by atoms with Crippen LogP contribution in [0.1, 0.15) is 0 Å². The van der Waals surface area contributed by atoms with E-state index in [0.717, 1.165) is 28.3 Å². The van der Waals surface area contributed by atoms with Crippen molar-refractivity contribution in [2.24, 2.45) is 0 Å². The molecule has 0 radical (unpaired) electrons. The zero-order valence-corrected chi connectivity index (χ0v) is 31.8. The van der Waals surface area contributed by atoms with E-state index in [1.807, 2.05) is 0 Å². The fourth-order valence-electron chi connectivity index (χ4n) is 8.90. The highest BCUT2D eigenvalue weighted by atomic mass is 15.1. The van der Waals surface area contributed by atoms with Gasteiger partial charge in [-0.05, 0) is 110 Å². The van der Waals surface area contributed by atoms with E-state index in [4.69, 9.17) is 0 Å². The molecule has 0 atom stereocenters. The van der Waals surface area contributed by atoms with Gasteiger partial charge in [0.2, 0.25) is 0 Å². The Hall–Kier alpha value is -7.68. The molecule has 0 saturated heterocycles. The van der Waals surface area contributed by atoms with E-state index in [9.17, 15) is 0 Å². The number of fused-ring (bicyclic) bond motifs is 5. The third-order valence-electron chi connectivity index (χ3n) is 11.5. The number of hydrogen-bond acceptors (Lipinski definition) is 1. The maximum absolute atomic E-state index is 2.44. The van der Waals surface area contributed by atoms with Crippen molar-refractivity contribution in [1.29, 1.82) is 0 Å². The van der Waals surface area contributed by atoms with Gasteiger partial charge in [0.25, 0.3) is 0 Å². The molecule has 0 aliphatic rings. The molecule has 1 aromatic heterocycles. The van der Waals surface area contributed by atoms with E-state index in [0.29, 0.717) is 0 Å². The van der Waals surface area contributed by atoms with Crippen LogP contribution >= 0.6 is 0 Å². The lowest BCUT2D eigenvalue weighted by Crippen LogP contribution is -2.11. The molecule has 0 bridgehead atoms. The zero-order chi connectivity index (χ0) is 38.4. The van der Waals surface area contributed by atoms with Crippen molar-refractivity contribution in [3.05, 3.63) is 231 Å². The predicted molar refractivity (Wildman–Crippen MR) is 247 cm³/mol. The van der Waals surface area contributed by atoms with Crippen LogP contribution in [0.25, 0.3) is 82.4 Å². The Morgan fingerprint density at radius 3 is 1.78 bits per heavy atom. The summed E-state index contributed by atoms with van der Waals surface area (Å²) in [6.45, 7) is 0. The van der Waals surface area contributed by atoms with Crippen LogP contribution in [-0.2, 0) is 0 Å². The van der Waals surface area contributed by atoms with Gasteiger partial charge in [-0.2, -0.15) is 0 Å². The molecule has 10 aromatic carbocycles. The van der Waals surface area contributed by atoms with Crippen LogP contribution in [0, 0.1) is 0 Å². The van der Waals surface area contributed by atoms with Crippen molar-refractivity contribution in [3.63, 3.8) is 0 Å². The minimum absolute atomic E-state index is 1.09. The second-order valence-corrected chi connectivity index (χ2v) is 14.9. The van der Waals surface area contributed by atoms with Gasteiger partial charge < -0.3 is 9.47 Å². The molecular weight excluding hydrogens is 701 g/mol.